The van der Waals surface area contributed by atoms with Crippen molar-refractivity contribution in [3.8, 4) is 0 Å². The van der Waals surface area contributed by atoms with Crippen LogP contribution in [0.3, 0.4) is 0 Å². The van der Waals surface area contributed by atoms with Crippen molar-refractivity contribution in [3.63, 3.8) is 0 Å². The van der Waals surface area contributed by atoms with Gasteiger partial charge in [0.1, 0.15) is 0 Å². The first-order valence-corrected chi connectivity index (χ1v) is 5.09. The number of amides is 1. The van der Waals surface area contributed by atoms with Crippen LogP contribution in [0.2, 0.25) is 0 Å². The van der Waals surface area contributed by atoms with Crippen LogP contribution < -0.4 is 11.1 Å². The van der Waals surface area contributed by atoms with E-state index in [4.69, 9.17) is 5.73 Å². The zero-order chi connectivity index (χ0) is 8.97. The van der Waals surface area contributed by atoms with E-state index >= 15 is 0 Å². The second-order valence-electron chi connectivity index (χ2n) is 2.24. The van der Waals surface area contributed by atoms with Gasteiger partial charge in [0.15, 0.2) is 0 Å². The number of rotatable bonds is 3. The molecule has 0 saturated carbocycles. The Hall–Kier alpha value is -0.390. The van der Waals surface area contributed by atoms with Crippen LogP contribution in [0.5, 0.6) is 0 Å². The molecule has 0 aromatic carbocycles. The maximum absolute atomic E-state index is 10.7. The summed E-state index contributed by atoms with van der Waals surface area (Å²) in [6.45, 7) is 0.601. The van der Waals surface area contributed by atoms with Crippen LogP contribution in [0.4, 0.5) is 0 Å². The molecule has 1 rings (SSSR count). The largest absolute Gasteiger partial charge is 0.351 e. The molecule has 0 aliphatic rings. The van der Waals surface area contributed by atoms with Crippen molar-refractivity contribution in [3.05, 3.63) is 20.8 Å². The minimum Gasteiger partial charge on any atom is -0.351 e. The number of halogens is 1. The molecule has 66 valence electrons. The first kappa shape index (κ1) is 9.70. The maximum Gasteiger partial charge on any atom is 0.234 e. The average molecular weight is 249 g/mol. The Labute approximate surface area is 83.1 Å². The average Bonchev–Trinajstić information content (AvgIpc) is 2.47. The van der Waals surface area contributed by atoms with Gasteiger partial charge in [-0.05, 0) is 32.9 Å². The second-order valence-corrected chi connectivity index (χ2v) is 4.53. The number of nitrogens with two attached hydrogens (primary N) is 1. The topological polar surface area (TPSA) is 55.1 Å². The third-order valence-electron chi connectivity index (χ3n) is 1.30. The Morgan fingerprint density at radius 2 is 2.50 bits per heavy atom. The first-order valence-electron chi connectivity index (χ1n) is 3.42. The fraction of sp³-hybridized carbons (Fsp3) is 0.286. The highest BCUT2D eigenvalue weighted by Gasteiger charge is 1.99. The predicted molar refractivity (Wildman–Crippen MR) is 52.9 cm³/mol. The second kappa shape index (κ2) is 4.59. The number of thiophene rings is 1. The lowest BCUT2D eigenvalue weighted by molar-refractivity contribution is -0.119. The Morgan fingerprint density at radius 3 is 3.00 bits per heavy atom. The highest BCUT2D eigenvalue weighted by atomic mass is 79.9. The van der Waals surface area contributed by atoms with Gasteiger partial charge >= 0.3 is 0 Å². The van der Waals surface area contributed by atoms with Crippen molar-refractivity contribution in [1.29, 1.82) is 0 Å². The minimum absolute atomic E-state index is 0.0469. The van der Waals surface area contributed by atoms with Crippen LogP contribution in [0.1, 0.15) is 5.56 Å². The van der Waals surface area contributed by atoms with Crippen LogP contribution in [-0.4, -0.2) is 12.5 Å². The van der Waals surface area contributed by atoms with Gasteiger partial charge in [-0.25, -0.2) is 0 Å². The molecular formula is C7H9BrN2OS. The van der Waals surface area contributed by atoms with Gasteiger partial charge in [-0.3, -0.25) is 4.79 Å². The molecule has 0 radical (unpaired) electrons. The highest BCUT2D eigenvalue weighted by molar-refractivity contribution is 9.11. The molecule has 0 aliphatic heterocycles. The number of hydrogen-bond acceptors (Lipinski definition) is 3. The Morgan fingerprint density at radius 1 is 1.75 bits per heavy atom. The van der Waals surface area contributed by atoms with E-state index in [1.165, 1.54) is 0 Å². The number of carbonyl (C=O) groups excluding carboxylic acids is 1. The van der Waals surface area contributed by atoms with Crippen LogP contribution in [0.25, 0.3) is 0 Å². The predicted octanol–water partition coefficient (Wildman–Crippen LogP) is 1.09. The molecule has 1 aromatic rings. The molecule has 0 bridgehead atoms. The zero-order valence-corrected chi connectivity index (χ0v) is 8.74. The summed E-state index contributed by atoms with van der Waals surface area (Å²) >= 11 is 4.94. The number of hydrogen-bond donors (Lipinski definition) is 2. The molecule has 3 nitrogen and oxygen atoms in total. The van der Waals surface area contributed by atoms with E-state index in [-0.39, 0.29) is 12.5 Å². The minimum atomic E-state index is -0.127. The third-order valence-corrected chi connectivity index (χ3v) is 2.85. The fourth-order valence-electron chi connectivity index (χ4n) is 0.711. The summed E-state index contributed by atoms with van der Waals surface area (Å²) < 4.78 is 1.07. The smallest absolute Gasteiger partial charge is 0.234 e. The molecular weight excluding hydrogens is 240 g/mol. The molecule has 0 aliphatic carbocycles. The Kier molecular flexibility index (Phi) is 3.71. The summed E-state index contributed by atoms with van der Waals surface area (Å²) in [6, 6.07) is 1.97. The van der Waals surface area contributed by atoms with E-state index in [0.29, 0.717) is 6.54 Å². The summed E-state index contributed by atoms with van der Waals surface area (Å²) in [7, 11) is 0. The van der Waals surface area contributed by atoms with Crippen LogP contribution in [0.15, 0.2) is 15.2 Å². The van der Waals surface area contributed by atoms with Crippen molar-refractivity contribution in [1.82, 2.24) is 5.32 Å². The van der Waals surface area contributed by atoms with Gasteiger partial charge in [-0.2, -0.15) is 0 Å². The molecule has 0 spiro atoms. The van der Waals surface area contributed by atoms with Crippen LogP contribution in [0, 0.1) is 0 Å². The number of nitrogens with one attached hydrogen (secondary N) is 1. The molecule has 1 amide bonds. The van der Waals surface area contributed by atoms with Gasteiger partial charge in [-0.15, -0.1) is 11.3 Å². The van der Waals surface area contributed by atoms with Crippen molar-refractivity contribution in [2.75, 3.05) is 6.54 Å². The Balaban J connectivity index is 2.38. The van der Waals surface area contributed by atoms with E-state index in [9.17, 15) is 4.79 Å². The van der Waals surface area contributed by atoms with Crippen LogP contribution in [-0.2, 0) is 11.3 Å². The van der Waals surface area contributed by atoms with Gasteiger partial charge < -0.3 is 11.1 Å². The van der Waals surface area contributed by atoms with Gasteiger partial charge in [-0.1, -0.05) is 0 Å². The molecule has 12 heavy (non-hydrogen) atoms. The summed E-state index contributed by atoms with van der Waals surface area (Å²) in [4.78, 5) is 10.7. The summed E-state index contributed by atoms with van der Waals surface area (Å²) in [5.41, 5.74) is 6.21. The molecule has 0 unspecified atom stereocenters. The lowest BCUT2D eigenvalue weighted by Gasteiger charge is -1.99. The zero-order valence-electron chi connectivity index (χ0n) is 6.34. The van der Waals surface area contributed by atoms with Crippen molar-refractivity contribution < 1.29 is 4.79 Å². The molecule has 1 aromatic heterocycles. The summed E-state index contributed by atoms with van der Waals surface area (Å²) in [5, 5.41) is 4.67. The lowest BCUT2D eigenvalue weighted by atomic mass is 10.3. The van der Waals surface area contributed by atoms with Gasteiger partial charge in [0.25, 0.3) is 0 Å². The quantitative estimate of drug-likeness (QED) is 0.842. The normalized spacial score (nSPS) is 9.83. The lowest BCUT2D eigenvalue weighted by Crippen LogP contribution is -2.29. The third kappa shape index (κ3) is 2.92. The van der Waals surface area contributed by atoms with Crippen molar-refractivity contribution >= 4 is 33.2 Å². The monoisotopic (exact) mass is 248 g/mol. The summed E-state index contributed by atoms with van der Waals surface area (Å²) in [6.07, 6.45) is 0. The fourth-order valence-corrected chi connectivity index (χ4v) is 1.92. The molecule has 5 heteroatoms. The summed E-state index contributed by atoms with van der Waals surface area (Å²) in [5.74, 6) is -0.127. The van der Waals surface area contributed by atoms with Gasteiger partial charge in [0, 0.05) is 6.54 Å². The van der Waals surface area contributed by atoms with Crippen molar-refractivity contribution in [2.45, 2.75) is 6.54 Å². The van der Waals surface area contributed by atoms with E-state index < -0.39 is 0 Å². The van der Waals surface area contributed by atoms with E-state index in [1.807, 2.05) is 11.4 Å². The maximum atomic E-state index is 10.7. The molecule has 0 saturated heterocycles. The first-order chi connectivity index (χ1) is 5.72. The molecule has 1 heterocycles. The van der Waals surface area contributed by atoms with E-state index in [0.717, 1.165) is 9.35 Å². The van der Waals surface area contributed by atoms with E-state index in [2.05, 4.69) is 21.2 Å². The molecule has 0 atom stereocenters. The standard InChI is InChI=1S/C7H9BrN2OS/c8-6-1-5(4-12-6)3-10-7(11)2-9/h1,4H,2-3,9H2,(H,10,11). The molecule has 0 fully saturated rings. The SMILES string of the molecule is NCC(=O)NCc1csc(Br)c1. The Bertz CT molecular complexity index is 274. The van der Waals surface area contributed by atoms with Gasteiger partial charge in [0.2, 0.25) is 5.91 Å². The number of carbonyl (C=O) groups is 1. The van der Waals surface area contributed by atoms with Crippen molar-refractivity contribution in [2.24, 2.45) is 5.73 Å². The molecule has 3 N–H and O–H groups in total. The highest BCUT2D eigenvalue weighted by Crippen LogP contribution is 2.20. The van der Waals surface area contributed by atoms with Crippen LogP contribution >= 0.6 is 27.3 Å². The van der Waals surface area contributed by atoms with E-state index in [1.54, 1.807) is 11.3 Å². The van der Waals surface area contributed by atoms with Gasteiger partial charge in [0.05, 0.1) is 10.3 Å².